The lowest BCUT2D eigenvalue weighted by atomic mass is 9.95. The third-order valence-corrected chi connectivity index (χ3v) is 7.23. The Morgan fingerprint density at radius 3 is 2.62 bits per heavy atom. The maximum absolute atomic E-state index is 13.3. The molecule has 0 spiro atoms. The Morgan fingerprint density at radius 2 is 1.88 bits per heavy atom. The summed E-state index contributed by atoms with van der Waals surface area (Å²) in [5.41, 5.74) is 2.82. The maximum Gasteiger partial charge on any atom is 0.253 e. The van der Waals surface area contributed by atoms with Gasteiger partial charge in [0.05, 0.1) is 6.04 Å². The first-order valence-electron chi connectivity index (χ1n) is 12.0. The molecule has 2 fully saturated rings. The molecule has 0 radical (unpaired) electrons. The molecule has 3 heterocycles. The Morgan fingerprint density at radius 1 is 1.09 bits per heavy atom. The van der Waals surface area contributed by atoms with E-state index in [1.807, 2.05) is 10.7 Å². The van der Waals surface area contributed by atoms with Crippen molar-refractivity contribution in [3.05, 3.63) is 51.6 Å². The van der Waals surface area contributed by atoms with Gasteiger partial charge in [0.1, 0.15) is 6.04 Å². The van der Waals surface area contributed by atoms with E-state index in [9.17, 15) is 4.79 Å². The van der Waals surface area contributed by atoms with E-state index in [-0.39, 0.29) is 11.6 Å². The number of aromatic amines is 1. The van der Waals surface area contributed by atoms with E-state index < -0.39 is 0 Å². The minimum atomic E-state index is -0.251. The average Bonchev–Trinajstić information content (AvgIpc) is 3.30. The van der Waals surface area contributed by atoms with Crippen LogP contribution in [0.15, 0.2) is 29.1 Å². The number of likely N-dealkylation sites (N-methyl/N-ethyl adjacent to an activating group) is 1. The van der Waals surface area contributed by atoms with Crippen LogP contribution in [-0.4, -0.2) is 68.2 Å². The molecule has 0 amide bonds. The summed E-state index contributed by atoms with van der Waals surface area (Å²) >= 11 is 0. The summed E-state index contributed by atoms with van der Waals surface area (Å²) < 4.78 is 2.02. The van der Waals surface area contributed by atoms with Gasteiger partial charge in [0.15, 0.2) is 5.82 Å². The molecule has 5 rings (SSSR count). The van der Waals surface area contributed by atoms with Gasteiger partial charge in [-0.05, 0) is 65.9 Å². The van der Waals surface area contributed by atoms with Crippen molar-refractivity contribution in [3.63, 3.8) is 0 Å². The quantitative estimate of drug-likeness (QED) is 0.664. The van der Waals surface area contributed by atoms with Gasteiger partial charge in [-0.2, -0.15) is 0 Å². The highest BCUT2D eigenvalue weighted by Gasteiger charge is 2.34. The summed E-state index contributed by atoms with van der Waals surface area (Å²) in [7, 11) is 2.15. The molecule has 0 bridgehead atoms. The molecule has 1 saturated carbocycles. The molecule has 32 heavy (non-hydrogen) atoms. The second-order valence-electron chi connectivity index (χ2n) is 9.34. The number of nitrogens with one attached hydrogen (secondary N) is 1. The number of rotatable bonds is 5. The summed E-state index contributed by atoms with van der Waals surface area (Å²) in [6.07, 6.45) is 6.86. The Labute approximate surface area is 188 Å². The number of tetrazole rings is 1. The number of aromatic nitrogens is 5. The zero-order valence-electron chi connectivity index (χ0n) is 19.1. The van der Waals surface area contributed by atoms with E-state index in [2.05, 4.69) is 62.5 Å². The largest absolute Gasteiger partial charge is 0.322 e. The zero-order valence-corrected chi connectivity index (χ0v) is 19.1. The van der Waals surface area contributed by atoms with E-state index in [1.54, 1.807) is 0 Å². The van der Waals surface area contributed by atoms with E-state index in [0.717, 1.165) is 67.7 Å². The van der Waals surface area contributed by atoms with Gasteiger partial charge in [-0.1, -0.05) is 32.3 Å². The van der Waals surface area contributed by atoms with Crippen molar-refractivity contribution in [1.82, 2.24) is 35.0 Å². The Hall–Kier alpha value is -2.58. The van der Waals surface area contributed by atoms with Crippen LogP contribution in [0.4, 0.5) is 0 Å². The Kier molecular flexibility index (Phi) is 6.06. The van der Waals surface area contributed by atoms with Crippen molar-refractivity contribution in [3.8, 4) is 0 Å². The molecule has 2 aromatic heterocycles. The minimum Gasteiger partial charge on any atom is -0.322 e. The van der Waals surface area contributed by atoms with Crippen molar-refractivity contribution >= 4 is 10.9 Å². The van der Waals surface area contributed by atoms with E-state index in [4.69, 9.17) is 0 Å². The van der Waals surface area contributed by atoms with Crippen LogP contribution in [0.2, 0.25) is 0 Å². The van der Waals surface area contributed by atoms with Gasteiger partial charge in [-0.3, -0.25) is 9.69 Å². The summed E-state index contributed by atoms with van der Waals surface area (Å²) in [5.74, 6) is 0.804. The third-order valence-electron chi connectivity index (χ3n) is 7.23. The van der Waals surface area contributed by atoms with Crippen LogP contribution in [0.5, 0.6) is 0 Å². The van der Waals surface area contributed by atoms with Crippen molar-refractivity contribution in [2.75, 3.05) is 33.2 Å². The van der Waals surface area contributed by atoms with Gasteiger partial charge < -0.3 is 9.88 Å². The lowest BCUT2D eigenvalue weighted by molar-refractivity contribution is 0.119. The van der Waals surface area contributed by atoms with Crippen LogP contribution in [0.1, 0.15) is 68.1 Å². The molecule has 1 aliphatic carbocycles. The smallest absolute Gasteiger partial charge is 0.253 e. The molecule has 1 atom stereocenters. The van der Waals surface area contributed by atoms with E-state index in [1.165, 1.54) is 24.8 Å². The van der Waals surface area contributed by atoms with Gasteiger partial charge in [-0.15, -0.1) is 5.10 Å². The molecule has 2 aliphatic rings. The highest BCUT2D eigenvalue weighted by atomic mass is 16.1. The highest BCUT2D eigenvalue weighted by molar-refractivity contribution is 5.80. The maximum atomic E-state index is 13.3. The second kappa shape index (κ2) is 9.11. The fourth-order valence-electron chi connectivity index (χ4n) is 5.24. The van der Waals surface area contributed by atoms with Crippen LogP contribution in [0, 0.1) is 0 Å². The van der Waals surface area contributed by atoms with Crippen molar-refractivity contribution in [1.29, 1.82) is 0 Å². The Balaban J connectivity index is 1.62. The predicted molar refractivity (Wildman–Crippen MR) is 125 cm³/mol. The van der Waals surface area contributed by atoms with E-state index in [0.29, 0.717) is 6.04 Å². The molecular weight excluding hydrogens is 402 g/mol. The number of pyridine rings is 1. The molecule has 0 unspecified atom stereocenters. The number of fused-ring (bicyclic) bond motifs is 1. The lowest BCUT2D eigenvalue weighted by Gasteiger charge is -2.37. The van der Waals surface area contributed by atoms with Crippen molar-refractivity contribution < 1.29 is 0 Å². The first-order valence-corrected chi connectivity index (χ1v) is 12.0. The Bertz CT molecular complexity index is 1120. The second-order valence-corrected chi connectivity index (χ2v) is 9.34. The molecule has 1 N–H and O–H groups in total. The van der Waals surface area contributed by atoms with Gasteiger partial charge in [0.25, 0.3) is 5.56 Å². The number of hydrogen-bond donors (Lipinski definition) is 1. The number of aryl methyl sites for hydroxylation is 1. The molecule has 1 saturated heterocycles. The number of benzene rings is 1. The first kappa shape index (κ1) is 21.3. The monoisotopic (exact) mass is 435 g/mol. The lowest BCUT2D eigenvalue weighted by Crippen LogP contribution is -2.47. The summed E-state index contributed by atoms with van der Waals surface area (Å²) in [6.45, 7) is 5.84. The number of nitrogens with zero attached hydrogens (tertiary/aromatic N) is 6. The molecule has 1 aromatic carbocycles. The number of H-pyrrole nitrogens is 1. The highest BCUT2D eigenvalue weighted by Crippen LogP contribution is 2.33. The fourth-order valence-corrected chi connectivity index (χ4v) is 5.24. The van der Waals surface area contributed by atoms with Crippen LogP contribution in [-0.2, 0) is 6.42 Å². The molecule has 8 nitrogen and oxygen atoms in total. The predicted octanol–water partition coefficient (Wildman–Crippen LogP) is 2.92. The SMILES string of the molecule is CCc1ccc2[nH]c(=O)c([C@@H](c3nnnn3C3CCCCC3)N3CCN(C)CC3)cc2c1. The number of hydrogen-bond acceptors (Lipinski definition) is 6. The average molecular weight is 436 g/mol. The van der Waals surface area contributed by atoms with Gasteiger partial charge in [-0.25, -0.2) is 4.68 Å². The number of piperazine rings is 1. The third kappa shape index (κ3) is 4.09. The van der Waals surface area contributed by atoms with Crippen LogP contribution in [0.3, 0.4) is 0 Å². The molecule has 8 heteroatoms. The van der Waals surface area contributed by atoms with Gasteiger partial charge in [0, 0.05) is 37.3 Å². The summed E-state index contributed by atoms with van der Waals surface area (Å²) in [5, 5.41) is 14.1. The van der Waals surface area contributed by atoms with Crippen LogP contribution < -0.4 is 5.56 Å². The fraction of sp³-hybridized carbons (Fsp3) is 0.583. The van der Waals surface area contributed by atoms with E-state index >= 15 is 0 Å². The summed E-state index contributed by atoms with van der Waals surface area (Å²) in [4.78, 5) is 21.2. The van der Waals surface area contributed by atoms with Crippen molar-refractivity contribution in [2.24, 2.45) is 0 Å². The van der Waals surface area contributed by atoms with Gasteiger partial charge in [0.2, 0.25) is 0 Å². The molecular formula is C24H33N7O. The molecule has 3 aromatic rings. The van der Waals surface area contributed by atoms with Crippen LogP contribution in [0.25, 0.3) is 10.9 Å². The standard InChI is InChI=1S/C24H33N7O/c1-3-17-9-10-21-18(15-17)16-20(24(32)25-21)22(30-13-11-29(2)12-14-30)23-26-27-28-31(23)19-7-5-4-6-8-19/h9-10,15-16,19,22H,3-8,11-14H2,1-2H3,(H,25,32)/t22-/m0/s1. The summed E-state index contributed by atoms with van der Waals surface area (Å²) in [6, 6.07) is 8.40. The molecule has 1 aliphatic heterocycles. The van der Waals surface area contributed by atoms with Crippen molar-refractivity contribution in [2.45, 2.75) is 57.5 Å². The zero-order chi connectivity index (χ0) is 22.1. The molecule has 170 valence electrons. The first-order chi connectivity index (χ1) is 15.6. The topological polar surface area (TPSA) is 82.9 Å². The van der Waals surface area contributed by atoms with Crippen LogP contribution >= 0.6 is 0 Å². The normalized spacial score (nSPS) is 20.1. The van der Waals surface area contributed by atoms with Gasteiger partial charge >= 0.3 is 0 Å². The minimum absolute atomic E-state index is 0.0520.